The van der Waals surface area contributed by atoms with Crippen LogP contribution in [0.2, 0.25) is 0 Å². The smallest absolute Gasteiger partial charge is 0.272 e. The van der Waals surface area contributed by atoms with Gasteiger partial charge in [0.25, 0.3) is 5.91 Å². The Kier molecular flexibility index (Phi) is 5.12. The van der Waals surface area contributed by atoms with Gasteiger partial charge in [-0.15, -0.1) is 0 Å². The van der Waals surface area contributed by atoms with Crippen molar-refractivity contribution in [2.75, 3.05) is 20.7 Å². The van der Waals surface area contributed by atoms with Gasteiger partial charge in [-0.25, -0.2) is 5.01 Å². The Morgan fingerprint density at radius 2 is 1.64 bits per heavy atom. The van der Waals surface area contributed by atoms with E-state index < -0.39 is 0 Å². The molecule has 0 heterocycles. The molecular weight excluding hydrogens is 278 g/mol. The van der Waals surface area contributed by atoms with Crippen LogP contribution in [0.4, 0.5) is 0 Å². The number of amides is 1. The Balaban J connectivity index is 1.98. The lowest BCUT2D eigenvalue weighted by molar-refractivity contribution is -0.126. The third-order valence-corrected chi connectivity index (χ3v) is 2.92. The van der Waals surface area contributed by atoms with Gasteiger partial charge in [0.1, 0.15) is 5.75 Å². The van der Waals surface area contributed by atoms with Crippen molar-refractivity contribution in [3.8, 4) is 22.9 Å². The first-order valence-electron chi connectivity index (χ1n) is 6.78. The second-order valence-corrected chi connectivity index (χ2v) is 4.93. The van der Waals surface area contributed by atoms with E-state index in [-0.39, 0.29) is 12.5 Å². The molecule has 0 spiro atoms. The third kappa shape index (κ3) is 4.33. The molecule has 2 aromatic carbocycles. The van der Waals surface area contributed by atoms with Gasteiger partial charge in [0.05, 0.1) is 11.6 Å². The van der Waals surface area contributed by atoms with Crippen LogP contribution in [0.5, 0.6) is 5.75 Å². The third-order valence-electron chi connectivity index (χ3n) is 2.92. The van der Waals surface area contributed by atoms with Crippen molar-refractivity contribution in [2.45, 2.75) is 0 Å². The SMILES string of the molecule is CN(C)NC(=O)COc1ccc(-c2ccc(C#N)cc2)cc1. The minimum atomic E-state index is -0.207. The zero-order valence-electron chi connectivity index (χ0n) is 12.5. The van der Waals surface area contributed by atoms with Crippen molar-refractivity contribution < 1.29 is 9.53 Å². The van der Waals surface area contributed by atoms with E-state index in [4.69, 9.17) is 10.00 Å². The lowest BCUT2D eigenvalue weighted by Gasteiger charge is -2.12. The van der Waals surface area contributed by atoms with E-state index in [1.165, 1.54) is 0 Å². The summed E-state index contributed by atoms with van der Waals surface area (Å²) in [6.45, 7) is -0.0333. The fourth-order valence-corrected chi connectivity index (χ4v) is 1.91. The number of carbonyl (C=O) groups excluding carboxylic acids is 1. The van der Waals surface area contributed by atoms with Gasteiger partial charge in [-0.2, -0.15) is 5.26 Å². The van der Waals surface area contributed by atoms with Crippen molar-refractivity contribution in [1.29, 1.82) is 5.26 Å². The summed E-state index contributed by atoms with van der Waals surface area (Å²) in [5.41, 5.74) is 5.29. The molecule has 1 N–H and O–H groups in total. The van der Waals surface area contributed by atoms with Crippen molar-refractivity contribution in [3.63, 3.8) is 0 Å². The molecular formula is C17H17N3O2. The molecule has 0 aromatic heterocycles. The molecule has 0 aliphatic heterocycles. The maximum absolute atomic E-state index is 11.5. The van der Waals surface area contributed by atoms with Crippen LogP contribution in [0.1, 0.15) is 5.56 Å². The monoisotopic (exact) mass is 295 g/mol. The van der Waals surface area contributed by atoms with E-state index in [0.29, 0.717) is 11.3 Å². The van der Waals surface area contributed by atoms with Gasteiger partial charge in [0.15, 0.2) is 6.61 Å². The largest absolute Gasteiger partial charge is 0.484 e. The molecule has 5 heteroatoms. The van der Waals surface area contributed by atoms with Gasteiger partial charge in [-0.3, -0.25) is 10.2 Å². The molecule has 0 unspecified atom stereocenters. The molecule has 0 aliphatic rings. The second-order valence-electron chi connectivity index (χ2n) is 4.93. The zero-order chi connectivity index (χ0) is 15.9. The van der Waals surface area contributed by atoms with Gasteiger partial charge >= 0.3 is 0 Å². The Bertz CT molecular complexity index is 671. The van der Waals surface area contributed by atoms with E-state index in [2.05, 4.69) is 11.5 Å². The minimum absolute atomic E-state index is 0.0333. The van der Waals surface area contributed by atoms with Crippen molar-refractivity contribution in [1.82, 2.24) is 10.4 Å². The van der Waals surface area contributed by atoms with Gasteiger partial charge in [0, 0.05) is 14.1 Å². The Labute approximate surface area is 129 Å². The summed E-state index contributed by atoms with van der Waals surface area (Å²) in [6, 6.07) is 16.9. The van der Waals surface area contributed by atoms with E-state index in [1.54, 1.807) is 31.2 Å². The lowest BCUT2D eigenvalue weighted by atomic mass is 10.0. The predicted octanol–water partition coefficient (Wildman–Crippen LogP) is 2.20. The molecule has 0 bridgehead atoms. The maximum atomic E-state index is 11.5. The van der Waals surface area contributed by atoms with Gasteiger partial charge in [-0.05, 0) is 35.4 Å². The highest BCUT2D eigenvalue weighted by molar-refractivity contribution is 5.77. The minimum Gasteiger partial charge on any atom is -0.484 e. The Hall–Kier alpha value is -2.84. The van der Waals surface area contributed by atoms with Crippen LogP contribution >= 0.6 is 0 Å². The topological polar surface area (TPSA) is 65.4 Å². The number of ether oxygens (including phenoxy) is 1. The van der Waals surface area contributed by atoms with Crippen LogP contribution in [0.25, 0.3) is 11.1 Å². The summed E-state index contributed by atoms with van der Waals surface area (Å²) < 4.78 is 5.41. The van der Waals surface area contributed by atoms with Crippen LogP contribution in [0.3, 0.4) is 0 Å². The van der Waals surface area contributed by atoms with Gasteiger partial charge < -0.3 is 4.74 Å². The highest BCUT2D eigenvalue weighted by atomic mass is 16.5. The molecule has 0 fully saturated rings. The fraction of sp³-hybridized carbons (Fsp3) is 0.176. The van der Waals surface area contributed by atoms with E-state index in [0.717, 1.165) is 11.1 Å². The average Bonchev–Trinajstić information content (AvgIpc) is 2.53. The number of carbonyl (C=O) groups is 1. The number of nitriles is 1. The van der Waals surface area contributed by atoms with Crippen LogP contribution in [-0.2, 0) is 4.79 Å². The number of hydrogen-bond acceptors (Lipinski definition) is 4. The molecule has 0 atom stereocenters. The zero-order valence-corrected chi connectivity index (χ0v) is 12.5. The quantitative estimate of drug-likeness (QED) is 0.859. The Morgan fingerprint density at radius 1 is 1.09 bits per heavy atom. The summed E-state index contributed by atoms with van der Waals surface area (Å²) in [6.07, 6.45) is 0. The van der Waals surface area contributed by atoms with Crippen molar-refractivity contribution in [2.24, 2.45) is 0 Å². The first-order valence-corrected chi connectivity index (χ1v) is 6.78. The first kappa shape index (κ1) is 15.5. The average molecular weight is 295 g/mol. The molecule has 1 amide bonds. The van der Waals surface area contributed by atoms with E-state index in [1.807, 2.05) is 36.4 Å². The summed E-state index contributed by atoms with van der Waals surface area (Å²) >= 11 is 0. The molecule has 0 aliphatic carbocycles. The van der Waals surface area contributed by atoms with Crippen LogP contribution in [0.15, 0.2) is 48.5 Å². The predicted molar refractivity (Wildman–Crippen MR) is 83.9 cm³/mol. The maximum Gasteiger partial charge on any atom is 0.272 e. The van der Waals surface area contributed by atoms with Crippen LogP contribution in [0, 0.1) is 11.3 Å². The molecule has 2 rings (SSSR count). The molecule has 112 valence electrons. The number of rotatable bonds is 5. The van der Waals surface area contributed by atoms with Gasteiger partial charge in [-0.1, -0.05) is 24.3 Å². The highest BCUT2D eigenvalue weighted by Crippen LogP contribution is 2.22. The van der Waals surface area contributed by atoms with Crippen LogP contribution < -0.4 is 10.2 Å². The summed E-state index contributed by atoms with van der Waals surface area (Å²) in [5, 5.41) is 10.4. The molecule has 0 saturated heterocycles. The molecule has 2 aromatic rings. The molecule has 0 radical (unpaired) electrons. The summed E-state index contributed by atoms with van der Waals surface area (Å²) in [5.74, 6) is 0.424. The number of nitrogens with one attached hydrogen (secondary N) is 1. The highest BCUT2D eigenvalue weighted by Gasteiger charge is 2.04. The normalized spacial score (nSPS) is 10.1. The first-order chi connectivity index (χ1) is 10.6. The second kappa shape index (κ2) is 7.25. The van der Waals surface area contributed by atoms with Gasteiger partial charge in [0.2, 0.25) is 0 Å². The summed E-state index contributed by atoms with van der Waals surface area (Å²) in [7, 11) is 3.48. The number of nitrogens with zero attached hydrogens (tertiary/aromatic N) is 2. The van der Waals surface area contributed by atoms with Crippen molar-refractivity contribution >= 4 is 5.91 Å². The molecule has 22 heavy (non-hydrogen) atoms. The molecule has 5 nitrogen and oxygen atoms in total. The Morgan fingerprint density at radius 3 is 2.14 bits per heavy atom. The summed E-state index contributed by atoms with van der Waals surface area (Å²) in [4.78, 5) is 11.5. The lowest BCUT2D eigenvalue weighted by Crippen LogP contribution is -2.39. The van der Waals surface area contributed by atoms with E-state index in [9.17, 15) is 4.79 Å². The van der Waals surface area contributed by atoms with Crippen LogP contribution in [-0.4, -0.2) is 31.6 Å². The van der Waals surface area contributed by atoms with Crippen molar-refractivity contribution in [3.05, 3.63) is 54.1 Å². The fourth-order valence-electron chi connectivity index (χ4n) is 1.91. The number of benzene rings is 2. The standard InChI is InChI=1S/C17H17N3O2/c1-20(2)19-17(21)12-22-16-9-7-15(8-10-16)14-5-3-13(11-18)4-6-14/h3-10H,12H2,1-2H3,(H,19,21). The number of hydrazine groups is 1. The number of hydrogen-bond donors (Lipinski definition) is 1. The molecule has 0 saturated carbocycles. The van der Waals surface area contributed by atoms with E-state index >= 15 is 0 Å².